The number of rotatable bonds is 3. The summed E-state index contributed by atoms with van der Waals surface area (Å²) in [6.45, 7) is 2.15. The lowest BCUT2D eigenvalue weighted by Crippen LogP contribution is -2.28. The maximum Gasteiger partial charge on any atom is 0.123 e. The van der Waals surface area contributed by atoms with E-state index in [0.29, 0.717) is 0 Å². The summed E-state index contributed by atoms with van der Waals surface area (Å²) >= 11 is 0. The minimum absolute atomic E-state index is 0.0446. The molecule has 2 nitrogen and oxygen atoms in total. The zero-order chi connectivity index (χ0) is 13.1. The summed E-state index contributed by atoms with van der Waals surface area (Å²) in [4.78, 5) is 2.37. The van der Waals surface area contributed by atoms with Gasteiger partial charge in [0.15, 0.2) is 0 Å². The summed E-state index contributed by atoms with van der Waals surface area (Å²) in [5.41, 5.74) is 2.64. The van der Waals surface area contributed by atoms with Gasteiger partial charge >= 0.3 is 0 Å². The second kappa shape index (κ2) is 5.75. The number of nitrogens with zero attached hydrogens (tertiary/aromatic N) is 2. The molecule has 0 bridgehead atoms. The van der Waals surface area contributed by atoms with Gasteiger partial charge in [-0.15, -0.1) is 0 Å². The van der Waals surface area contributed by atoms with Gasteiger partial charge in [-0.05, 0) is 55.8 Å². The van der Waals surface area contributed by atoms with Crippen LogP contribution in [0.1, 0.15) is 61.6 Å². The maximum absolute atomic E-state index is 9.58. The first-order valence-corrected chi connectivity index (χ1v) is 7.62. The molecule has 2 aliphatic rings. The van der Waals surface area contributed by atoms with Crippen LogP contribution in [-0.2, 0) is 0 Å². The molecular weight excluding hydrogens is 232 g/mol. The van der Waals surface area contributed by atoms with Gasteiger partial charge in [-0.25, -0.2) is 0 Å². The summed E-state index contributed by atoms with van der Waals surface area (Å²) in [5, 5.41) is 9.58. The normalized spacial score (nSPS) is 22.5. The zero-order valence-corrected chi connectivity index (χ0v) is 11.5. The Labute approximate surface area is 116 Å². The monoisotopic (exact) mass is 254 g/mol. The molecule has 1 saturated carbocycles. The summed E-state index contributed by atoms with van der Waals surface area (Å²) in [6.07, 6.45) is 7.75. The molecule has 1 aromatic carbocycles. The summed E-state index contributed by atoms with van der Waals surface area (Å²) in [5.74, 6) is 0.767. The van der Waals surface area contributed by atoms with Gasteiger partial charge < -0.3 is 0 Å². The van der Waals surface area contributed by atoms with E-state index in [0.717, 1.165) is 19.0 Å². The minimum atomic E-state index is -0.0446. The van der Waals surface area contributed by atoms with Crippen LogP contribution >= 0.6 is 0 Å². The van der Waals surface area contributed by atoms with E-state index < -0.39 is 0 Å². The van der Waals surface area contributed by atoms with Crippen molar-refractivity contribution in [2.75, 3.05) is 13.1 Å². The molecule has 2 heteroatoms. The molecule has 2 fully saturated rings. The molecule has 0 amide bonds. The van der Waals surface area contributed by atoms with Crippen molar-refractivity contribution in [2.24, 2.45) is 0 Å². The number of hydrogen-bond donors (Lipinski definition) is 0. The van der Waals surface area contributed by atoms with Gasteiger partial charge in [0, 0.05) is 0 Å². The Bertz CT molecular complexity index is 462. The van der Waals surface area contributed by atoms with Crippen molar-refractivity contribution in [2.45, 2.75) is 50.5 Å². The highest BCUT2D eigenvalue weighted by Gasteiger charge is 2.26. The lowest BCUT2D eigenvalue weighted by atomic mass is 10.0. The number of hydrogen-bond acceptors (Lipinski definition) is 2. The van der Waals surface area contributed by atoms with Crippen LogP contribution in [0.5, 0.6) is 0 Å². The van der Waals surface area contributed by atoms with Gasteiger partial charge in [-0.2, -0.15) is 5.26 Å². The maximum atomic E-state index is 9.58. The van der Waals surface area contributed by atoms with Crippen LogP contribution in [0.4, 0.5) is 0 Å². The third-order valence-corrected chi connectivity index (χ3v) is 4.40. The van der Waals surface area contributed by atoms with Crippen LogP contribution in [0.3, 0.4) is 0 Å². The quantitative estimate of drug-likeness (QED) is 0.815. The zero-order valence-electron chi connectivity index (χ0n) is 11.5. The van der Waals surface area contributed by atoms with E-state index in [-0.39, 0.29) is 6.04 Å². The number of benzene rings is 1. The third kappa shape index (κ3) is 2.98. The molecule has 19 heavy (non-hydrogen) atoms. The second-order valence-corrected chi connectivity index (χ2v) is 5.93. The molecule has 3 rings (SSSR count). The minimum Gasteiger partial charge on any atom is -0.284 e. The predicted octanol–water partition coefficient (Wildman–Crippen LogP) is 4.00. The lowest BCUT2D eigenvalue weighted by molar-refractivity contribution is 0.245. The fraction of sp³-hybridized carbons (Fsp3) is 0.588. The molecule has 1 unspecified atom stereocenters. The van der Waals surface area contributed by atoms with Crippen molar-refractivity contribution in [3.05, 3.63) is 35.4 Å². The van der Waals surface area contributed by atoms with Crippen LogP contribution in [0, 0.1) is 11.3 Å². The molecule has 1 aromatic rings. The van der Waals surface area contributed by atoms with Gasteiger partial charge in [0.05, 0.1) is 6.07 Å². The van der Waals surface area contributed by atoms with Crippen molar-refractivity contribution >= 4 is 0 Å². The summed E-state index contributed by atoms with van der Waals surface area (Å²) in [7, 11) is 0. The molecule has 1 aliphatic heterocycles. The van der Waals surface area contributed by atoms with Gasteiger partial charge in [-0.3, -0.25) is 4.90 Å². The predicted molar refractivity (Wildman–Crippen MR) is 76.8 cm³/mol. The van der Waals surface area contributed by atoms with E-state index in [1.54, 1.807) is 0 Å². The van der Waals surface area contributed by atoms with Gasteiger partial charge in [0.1, 0.15) is 6.04 Å². The first-order chi connectivity index (χ1) is 9.38. The molecule has 1 aliphatic carbocycles. The van der Waals surface area contributed by atoms with Crippen molar-refractivity contribution in [3.8, 4) is 6.07 Å². The third-order valence-electron chi connectivity index (χ3n) is 4.40. The molecule has 0 N–H and O–H groups in total. The van der Waals surface area contributed by atoms with Crippen LogP contribution in [-0.4, -0.2) is 18.0 Å². The molecule has 0 radical (unpaired) electrons. The van der Waals surface area contributed by atoms with Crippen molar-refractivity contribution in [1.29, 1.82) is 5.26 Å². The van der Waals surface area contributed by atoms with Crippen molar-refractivity contribution in [1.82, 2.24) is 4.90 Å². The largest absolute Gasteiger partial charge is 0.284 e. The molecule has 0 spiro atoms. The Balaban J connectivity index is 1.80. The molecule has 1 heterocycles. The summed E-state index contributed by atoms with van der Waals surface area (Å²) < 4.78 is 0. The number of nitriles is 1. The van der Waals surface area contributed by atoms with Crippen molar-refractivity contribution in [3.63, 3.8) is 0 Å². The average Bonchev–Trinajstić information content (AvgIpc) is 3.28. The van der Waals surface area contributed by atoms with Crippen LogP contribution in [0.25, 0.3) is 0 Å². The Hall–Kier alpha value is -1.33. The standard InChI is InChI=1S/C17H22N2/c18-13-17(19-10-3-1-2-4-11-19)16-7-5-6-15(12-16)14-8-9-14/h5-7,12,14,17H,1-4,8-11H2. The fourth-order valence-electron chi connectivity index (χ4n) is 3.12. The topological polar surface area (TPSA) is 27.0 Å². The molecule has 0 aromatic heterocycles. The first kappa shape index (κ1) is 12.7. The highest BCUT2D eigenvalue weighted by atomic mass is 15.1. The van der Waals surface area contributed by atoms with Gasteiger partial charge in [0.25, 0.3) is 0 Å². The van der Waals surface area contributed by atoms with E-state index in [1.807, 2.05) is 0 Å². The van der Waals surface area contributed by atoms with Crippen LogP contribution in [0.15, 0.2) is 24.3 Å². The molecular formula is C17H22N2. The van der Waals surface area contributed by atoms with Crippen LogP contribution < -0.4 is 0 Å². The molecule has 1 atom stereocenters. The van der Waals surface area contributed by atoms with E-state index in [2.05, 4.69) is 35.2 Å². The number of likely N-dealkylation sites (tertiary alicyclic amines) is 1. The Morgan fingerprint density at radius 3 is 2.47 bits per heavy atom. The first-order valence-electron chi connectivity index (χ1n) is 7.62. The molecule has 100 valence electrons. The molecule has 1 saturated heterocycles. The van der Waals surface area contributed by atoms with E-state index in [4.69, 9.17) is 0 Å². The Morgan fingerprint density at radius 1 is 1.11 bits per heavy atom. The lowest BCUT2D eigenvalue weighted by Gasteiger charge is -2.25. The average molecular weight is 254 g/mol. The van der Waals surface area contributed by atoms with E-state index >= 15 is 0 Å². The highest BCUT2D eigenvalue weighted by molar-refractivity contribution is 5.33. The SMILES string of the molecule is N#CC(c1cccc(C2CC2)c1)N1CCCCCC1. The summed E-state index contributed by atoms with van der Waals surface area (Å²) in [6, 6.07) is 11.2. The fourth-order valence-corrected chi connectivity index (χ4v) is 3.12. The van der Waals surface area contributed by atoms with E-state index in [1.165, 1.54) is 49.7 Å². The Kier molecular flexibility index (Phi) is 3.84. The van der Waals surface area contributed by atoms with Crippen molar-refractivity contribution < 1.29 is 0 Å². The van der Waals surface area contributed by atoms with Gasteiger partial charge in [0.2, 0.25) is 0 Å². The van der Waals surface area contributed by atoms with Crippen LogP contribution in [0.2, 0.25) is 0 Å². The smallest absolute Gasteiger partial charge is 0.123 e. The van der Waals surface area contributed by atoms with Gasteiger partial charge in [-0.1, -0.05) is 37.1 Å². The van der Waals surface area contributed by atoms with E-state index in [9.17, 15) is 5.26 Å². The second-order valence-electron chi connectivity index (χ2n) is 5.93. The highest BCUT2D eigenvalue weighted by Crippen LogP contribution is 2.40. The Morgan fingerprint density at radius 2 is 1.84 bits per heavy atom.